The Balaban J connectivity index is 2.49. The molecule has 3 N–H and O–H groups in total. The average molecular weight is 264 g/mol. The highest BCUT2D eigenvalue weighted by atomic mass is 32.2. The van der Waals surface area contributed by atoms with E-state index in [1.54, 1.807) is 0 Å². The fourth-order valence-electron chi connectivity index (χ4n) is 1.63. The lowest BCUT2D eigenvalue weighted by Gasteiger charge is -2.39. The Morgan fingerprint density at radius 3 is 2.38 bits per heavy atom. The van der Waals surface area contributed by atoms with Gasteiger partial charge in [0.25, 0.3) is 0 Å². The summed E-state index contributed by atoms with van der Waals surface area (Å²) in [4.78, 5) is 12.0. The van der Waals surface area contributed by atoms with Crippen molar-refractivity contribution in [3.63, 3.8) is 0 Å². The molecule has 92 valence electrons. The Hall–Kier alpha value is -0.690. The molecule has 1 rings (SSSR count). The number of hydrogen-bond acceptors (Lipinski definition) is 4. The fourth-order valence-corrected chi connectivity index (χ4v) is 2.40. The largest absolute Gasteiger partial charge is 0.392 e. The fraction of sp³-hybridized carbons (Fsp3) is 0.778. The zero-order valence-electron chi connectivity index (χ0n) is 9.15. The molecule has 0 heterocycles. The van der Waals surface area contributed by atoms with Gasteiger partial charge in [0.1, 0.15) is 9.84 Å². The van der Waals surface area contributed by atoms with Crippen LogP contribution >= 0.6 is 12.2 Å². The van der Waals surface area contributed by atoms with Gasteiger partial charge in [-0.25, -0.2) is 8.42 Å². The topological polar surface area (TPSA) is 89.3 Å². The van der Waals surface area contributed by atoms with E-state index in [1.807, 2.05) is 0 Å². The summed E-state index contributed by atoms with van der Waals surface area (Å²) in [5, 5.41) is 2.58. The number of hydrogen-bond donors (Lipinski definition) is 2. The number of sulfone groups is 1. The van der Waals surface area contributed by atoms with Gasteiger partial charge in [-0.15, -0.1) is 0 Å². The van der Waals surface area contributed by atoms with E-state index >= 15 is 0 Å². The summed E-state index contributed by atoms with van der Waals surface area (Å²) in [6, 6.07) is 0. The highest BCUT2D eigenvalue weighted by Crippen LogP contribution is 2.41. The maximum atomic E-state index is 11.8. The summed E-state index contributed by atoms with van der Waals surface area (Å²) in [6.45, 7) is 0.113. The monoisotopic (exact) mass is 264 g/mol. The molecule has 0 aliphatic heterocycles. The first-order valence-electron chi connectivity index (χ1n) is 5.04. The minimum atomic E-state index is -3.05. The molecular formula is C9H16N2O3S2. The van der Waals surface area contributed by atoms with Gasteiger partial charge in [-0.3, -0.25) is 4.79 Å². The van der Waals surface area contributed by atoms with Crippen LogP contribution in [-0.4, -0.2) is 37.9 Å². The van der Waals surface area contributed by atoms with Gasteiger partial charge in [0.15, 0.2) is 0 Å². The van der Waals surface area contributed by atoms with Gasteiger partial charge in [-0.05, 0) is 12.8 Å². The number of carbonyl (C=O) groups is 1. The van der Waals surface area contributed by atoms with Crippen LogP contribution < -0.4 is 11.1 Å². The van der Waals surface area contributed by atoms with Crippen LogP contribution in [0.2, 0.25) is 0 Å². The molecule has 0 atom stereocenters. The zero-order valence-corrected chi connectivity index (χ0v) is 10.8. The smallest absolute Gasteiger partial charge is 0.233 e. The number of amides is 1. The maximum Gasteiger partial charge on any atom is 0.233 e. The molecule has 0 radical (unpaired) electrons. The van der Waals surface area contributed by atoms with Gasteiger partial charge in [0, 0.05) is 12.8 Å². The average Bonchev–Trinajstić information content (AvgIpc) is 1.97. The molecule has 0 unspecified atom stereocenters. The molecule has 0 aromatic rings. The van der Waals surface area contributed by atoms with Crippen molar-refractivity contribution in [3.05, 3.63) is 0 Å². The number of thiocarbonyl (C=S) groups is 1. The molecular weight excluding hydrogens is 248 g/mol. The molecule has 0 spiro atoms. The van der Waals surface area contributed by atoms with Gasteiger partial charge in [0.2, 0.25) is 5.91 Å². The first kappa shape index (κ1) is 13.4. The van der Waals surface area contributed by atoms with Crippen molar-refractivity contribution in [1.29, 1.82) is 0 Å². The van der Waals surface area contributed by atoms with Crippen molar-refractivity contribution >= 4 is 33.0 Å². The third-order valence-corrected chi connectivity index (χ3v) is 4.21. The highest BCUT2D eigenvalue weighted by molar-refractivity contribution is 7.90. The Kier molecular flexibility index (Phi) is 3.90. The van der Waals surface area contributed by atoms with Crippen molar-refractivity contribution in [2.75, 3.05) is 18.6 Å². The molecule has 7 heteroatoms. The first-order valence-corrected chi connectivity index (χ1v) is 7.51. The van der Waals surface area contributed by atoms with Crippen LogP contribution in [0.1, 0.15) is 19.3 Å². The Bertz CT molecular complexity index is 399. The standard InChI is InChI=1S/C9H16N2O3S2/c1-16(13,14)6-5-11-8(12)9(7(10)15)3-2-4-9/h2-6H2,1H3,(H2,10,15)(H,11,12). The van der Waals surface area contributed by atoms with Crippen molar-refractivity contribution in [2.45, 2.75) is 19.3 Å². The summed E-state index contributed by atoms with van der Waals surface area (Å²) in [7, 11) is -3.05. The van der Waals surface area contributed by atoms with E-state index in [0.717, 1.165) is 12.7 Å². The molecule has 0 saturated heterocycles. The lowest BCUT2D eigenvalue weighted by Crippen LogP contribution is -2.53. The SMILES string of the molecule is CS(=O)(=O)CCNC(=O)C1(C(N)=S)CCC1. The Morgan fingerprint density at radius 2 is 2.06 bits per heavy atom. The summed E-state index contributed by atoms with van der Waals surface area (Å²) in [5.74, 6) is -0.304. The number of carbonyl (C=O) groups excluding carboxylic acids is 1. The maximum absolute atomic E-state index is 11.8. The van der Waals surface area contributed by atoms with Crippen LogP contribution in [-0.2, 0) is 14.6 Å². The molecule has 5 nitrogen and oxygen atoms in total. The molecule has 1 fully saturated rings. The quantitative estimate of drug-likeness (QED) is 0.660. The van der Waals surface area contributed by atoms with E-state index < -0.39 is 15.3 Å². The molecule has 0 aromatic carbocycles. The molecule has 16 heavy (non-hydrogen) atoms. The third kappa shape index (κ3) is 2.91. The predicted octanol–water partition coefficient (Wildman–Crippen LogP) is -0.396. The van der Waals surface area contributed by atoms with Crippen LogP contribution in [0.15, 0.2) is 0 Å². The minimum Gasteiger partial charge on any atom is -0.392 e. The second kappa shape index (κ2) is 4.67. The summed E-state index contributed by atoms with van der Waals surface area (Å²) in [6.07, 6.45) is 3.38. The molecule has 0 aromatic heterocycles. The lowest BCUT2D eigenvalue weighted by atomic mass is 9.68. The summed E-state index contributed by atoms with van der Waals surface area (Å²) >= 11 is 4.88. The number of rotatable bonds is 5. The van der Waals surface area contributed by atoms with Crippen LogP contribution in [0, 0.1) is 5.41 Å². The van der Waals surface area contributed by atoms with E-state index in [1.165, 1.54) is 0 Å². The number of nitrogens with one attached hydrogen (secondary N) is 1. The van der Waals surface area contributed by atoms with Crippen molar-refractivity contribution in [2.24, 2.45) is 11.1 Å². The zero-order chi connectivity index (χ0) is 12.4. The van der Waals surface area contributed by atoms with E-state index in [-0.39, 0.29) is 23.2 Å². The first-order chi connectivity index (χ1) is 7.28. The van der Waals surface area contributed by atoms with E-state index in [4.69, 9.17) is 18.0 Å². The summed E-state index contributed by atoms with van der Waals surface area (Å²) in [5.41, 5.74) is 4.81. The van der Waals surface area contributed by atoms with Gasteiger partial charge >= 0.3 is 0 Å². The highest BCUT2D eigenvalue weighted by Gasteiger charge is 2.46. The molecule has 1 amide bonds. The van der Waals surface area contributed by atoms with Gasteiger partial charge in [-0.1, -0.05) is 18.6 Å². The third-order valence-electron chi connectivity index (χ3n) is 2.87. The van der Waals surface area contributed by atoms with Gasteiger partial charge in [0.05, 0.1) is 16.2 Å². The number of nitrogens with two attached hydrogens (primary N) is 1. The predicted molar refractivity (Wildman–Crippen MR) is 65.8 cm³/mol. The Morgan fingerprint density at radius 1 is 1.50 bits per heavy atom. The Labute approximate surface area is 101 Å². The van der Waals surface area contributed by atoms with Crippen molar-refractivity contribution in [3.8, 4) is 0 Å². The molecule has 0 bridgehead atoms. The van der Waals surface area contributed by atoms with Crippen molar-refractivity contribution < 1.29 is 13.2 Å². The molecule has 1 aliphatic rings. The van der Waals surface area contributed by atoms with Crippen molar-refractivity contribution in [1.82, 2.24) is 5.32 Å². The van der Waals surface area contributed by atoms with Crippen LogP contribution in [0.3, 0.4) is 0 Å². The summed E-state index contributed by atoms with van der Waals surface area (Å²) < 4.78 is 21.8. The van der Waals surface area contributed by atoms with Gasteiger partial charge in [-0.2, -0.15) is 0 Å². The van der Waals surface area contributed by atoms with E-state index in [0.29, 0.717) is 12.8 Å². The molecule has 1 saturated carbocycles. The van der Waals surface area contributed by atoms with Crippen LogP contribution in [0.5, 0.6) is 0 Å². The second-order valence-corrected chi connectivity index (χ2v) is 6.89. The normalized spacial score (nSPS) is 18.6. The van der Waals surface area contributed by atoms with E-state index in [2.05, 4.69) is 5.32 Å². The molecule has 1 aliphatic carbocycles. The van der Waals surface area contributed by atoms with Crippen LogP contribution in [0.25, 0.3) is 0 Å². The second-order valence-electron chi connectivity index (χ2n) is 4.19. The van der Waals surface area contributed by atoms with Crippen LogP contribution in [0.4, 0.5) is 0 Å². The minimum absolute atomic E-state index is 0.0633. The lowest BCUT2D eigenvalue weighted by molar-refractivity contribution is -0.130. The van der Waals surface area contributed by atoms with Gasteiger partial charge < -0.3 is 11.1 Å². The van der Waals surface area contributed by atoms with E-state index in [9.17, 15) is 13.2 Å².